The molecule has 0 radical (unpaired) electrons. The highest BCUT2D eigenvalue weighted by Gasteiger charge is 2.22. The van der Waals surface area contributed by atoms with Gasteiger partial charge in [-0.1, -0.05) is 29.5 Å². The van der Waals surface area contributed by atoms with Crippen LogP contribution in [-0.4, -0.2) is 46.1 Å². The highest BCUT2D eigenvalue weighted by atomic mass is 32.2. The Balaban J connectivity index is 1.46. The first-order valence-corrected chi connectivity index (χ1v) is 12.2. The Morgan fingerprint density at radius 2 is 2.03 bits per heavy atom. The molecule has 1 aliphatic rings. The monoisotopic (exact) mass is 466 g/mol. The quantitative estimate of drug-likeness (QED) is 0.344. The van der Waals surface area contributed by atoms with Crippen molar-refractivity contribution in [3.63, 3.8) is 0 Å². The van der Waals surface area contributed by atoms with E-state index in [0.29, 0.717) is 24.4 Å². The highest BCUT2D eigenvalue weighted by Crippen LogP contribution is 2.24. The van der Waals surface area contributed by atoms with Crippen LogP contribution >= 0.6 is 11.8 Å². The first-order valence-electron chi connectivity index (χ1n) is 11.2. The van der Waals surface area contributed by atoms with Gasteiger partial charge in [-0.05, 0) is 62.6 Å². The number of rotatable bonds is 10. The molecule has 8 heteroatoms. The maximum Gasteiger partial charge on any atom is 0.191 e. The van der Waals surface area contributed by atoms with Crippen LogP contribution in [0.3, 0.4) is 0 Å². The van der Waals surface area contributed by atoms with Crippen molar-refractivity contribution in [2.75, 3.05) is 24.8 Å². The van der Waals surface area contributed by atoms with Crippen LogP contribution in [0.25, 0.3) is 0 Å². The number of carbonyl (C=O) groups is 1. The lowest BCUT2D eigenvalue weighted by Crippen LogP contribution is -2.19. The Hall–Kier alpha value is -2.84. The SMILES string of the molecule is COc1ccc(C(=O)CSc2nnc(CNc3ccc(C)cc3C)n2CC2CCCO2)cc1. The van der Waals surface area contributed by atoms with E-state index in [2.05, 4.69) is 52.1 Å². The first kappa shape index (κ1) is 23.3. The van der Waals surface area contributed by atoms with Gasteiger partial charge in [0.1, 0.15) is 5.75 Å². The second-order valence-corrected chi connectivity index (χ2v) is 9.20. The number of hydrogen-bond acceptors (Lipinski definition) is 7. The molecule has 1 atom stereocenters. The molecule has 0 spiro atoms. The van der Waals surface area contributed by atoms with Gasteiger partial charge in [0.2, 0.25) is 0 Å². The average Bonchev–Trinajstić information content (AvgIpc) is 3.47. The molecule has 3 aromatic rings. The Bertz CT molecular complexity index is 1090. The molecule has 174 valence electrons. The molecule has 4 rings (SSSR count). The zero-order chi connectivity index (χ0) is 23.2. The third-order valence-corrected chi connectivity index (χ3v) is 6.73. The van der Waals surface area contributed by atoms with Crippen LogP contribution in [-0.2, 0) is 17.8 Å². The van der Waals surface area contributed by atoms with E-state index in [0.717, 1.165) is 41.9 Å². The molecule has 1 aromatic heterocycles. The van der Waals surface area contributed by atoms with Crippen LogP contribution in [0.15, 0.2) is 47.6 Å². The normalized spacial score (nSPS) is 15.5. The van der Waals surface area contributed by atoms with Crippen molar-refractivity contribution < 1.29 is 14.3 Å². The summed E-state index contributed by atoms with van der Waals surface area (Å²) in [6, 6.07) is 13.5. The fourth-order valence-corrected chi connectivity index (χ4v) is 4.77. The number of anilines is 1. The third-order valence-electron chi connectivity index (χ3n) is 5.77. The number of ether oxygens (including phenoxy) is 2. The van der Waals surface area contributed by atoms with E-state index < -0.39 is 0 Å². The van der Waals surface area contributed by atoms with Crippen molar-refractivity contribution in [1.82, 2.24) is 14.8 Å². The smallest absolute Gasteiger partial charge is 0.191 e. The number of carbonyl (C=O) groups excluding carboxylic acids is 1. The number of ketones is 1. The van der Waals surface area contributed by atoms with Gasteiger partial charge in [-0.15, -0.1) is 10.2 Å². The molecular weight excluding hydrogens is 436 g/mol. The van der Waals surface area contributed by atoms with Crippen molar-refractivity contribution in [3.8, 4) is 5.75 Å². The molecule has 0 saturated carbocycles. The Kier molecular flexibility index (Phi) is 7.67. The predicted octanol–water partition coefficient (Wildman–Crippen LogP) is 4.67. The van der Waals surface area contributed by atoms with Crippen molar-refractivity contribution in [1.29, 1.82) is 0 Å². The number of nitrogens with one attached hydrogen (secondary N) is 1. The summed E-state index contributed by atoms with van der Waals surface area (Å²) in [5.74, 6) is 1.91. The minimum atomic E-state index is 0.0456. The van der Waals surface area contributed by atoms with Crippen molar-refractivity contribution in [2.24, 2.45) is 0 Å². The molecule has 1 N–H and O–H groups in total. The molecule has 33 heavy (non-hydrogen) atoms. The van der Waals surface area contributed by atoms with Crippen molar-refractivity contribution in [3.05, 3.63) is 65.0 Å². The largest absolute Gasteiger partial charge is 0.497 e. The zero-order valence-corrected chi connectivity index (χ0v) is 20.2. The Morgan fingerprint density at radius 3 is 2.73 bits per heavy atom. The average molecular weight is 467 g/mol. The number of hydrogen-bond donors (Lipinski definition) is 1. The second-order valence-electron chi connectivity index (χ2n) is 8.26. The van der Waals surface area contributed by atoms with Gasteiger partial charge < -0.3 is 19.4 Å². The molecule has 1 fully saturated rings. The van der Waals surface area contributed by atoms with Crippen LogP contribution in [0, 0.1) is 13.8 Å². The van der Waals surface area contributed by atoms with Gasteiger partial charge >= 0.3 is 0 Å². The lowest BCUT2D eigenvalue weighted by atomic mass is 10.1. The molecule has 1 aliphatic heterocycles. The Labute approximate surface area is 198 Å². The van der Waals surface area contributed by atoms with Crippen LogP contribution in [0.4, 0.5) is 5.69 Å². The van der Waals surface area contributed by atoms with Gasteiger partial charge in [0, 0.05) is 17.9 Å². The van der Waals surface area contributed by atoms with E-state index >= 15 is 0 Å². The fraction of sp³-hybridized carbons (Fsp3) is 0.400. The minimum absolute atomic E-state index is 0.0456. The molecule has 0 aliphatic carbocycles. The predicted molar refractivity (Wildman–Crippen MR) is 130 cm³/mol. The molecule has 2 aromatic carbocycles. The standard InChI is InChI=1S/C25H30N4O3S/c1-17-6-11-22(18(2)13-17)26-14-24-27-28-25(29(24)15-21-5-4-12-32-21)33-16-23(30)19-7-9-20(31-3)10-8-19/h6-11,13,21,26H,4-5,12,14-16H2,1-3H3. The van der Waals surface area contributed by atoms with Gasteiger partial charge in [-0.3, -0.25) is 4.79 Å². The molecule has 0 amide bonds. The maximum absolute atomic E-state index is 12.7. The number of benzene rings is 2. The summed E-state index contributed by atoms with van der Waals surface area (Å²) in [5.41, 5.74) is 4.17. The number of methoxy groups -OCH3 is 1. The minimum Gasteiger partial charge on any atom is -0.497 e. The maximum atomic E-state index is 12.7. The topological polar surface area (TPSA) is 78.3 Å². The highest BCUT2D eigenvalue weighted by molar-refractivity contribution is 7.99. The van der Waals surface area contributed by atoms with Crippen LogP contribution in [0.5, 0.6) is 5.75 Å². The van der Waals surface area contributed by atoms with Crippen LogP contribution in [0.2, 0.25) is 0 Å². The third kappa shape index (κ3) is 5.94. The summed E-state index contributed by atoms with van der Waals surface area (Å²) < 4.78 is 13.1. The van der Waals surface area contributed by atoms with E-state index in [1.54, 1.807) is 31.4 Å². The molecule has 1 saturated heterocycles. The number of Topliss-reactive ketones (excluding diaryl/α,β-unsaturated/α-hetero) is 1. The zero-order valence-electron chi connectivity index (χ0n) is 19.3. The summed E-state index contributed by atoms with van der Waals surface area (Å²) >= 11 is 1.42. The summed E-state index contributed by atoms with van der Waals surface area (Å²) in [6.45, 7) is 6.22. The number of aryl methyl sites for hydroxylation is 2. The summed E-state index contributed by atoms with van der Waals surface area (Å²) in [7, 11) is 1.61. The fourth-order valence-electron chi connectivity index (χ4n) is 3.91. The van der Waals surface area contributed by atoms with Gasteiger partial charge in [0.25, 0.3) is 0 Å². The summed E-state index contributed by atoms with van der Waals surface area (Å²) in [4.78, 5) is 12.7. The van der Waals surface area contributed by atoms with Crippen LogP contribution < -0.4 is 10.1 Å². The number of thioether (sulfide) groups is 1. The number of nitrogens with zero attached hydrogens (tertiary/aromatic N) is 3. The van der Waals surface area contributed by atoms with Crippen molar-refractivity contribution in [2.45, 2.75) is 51.0 Å². The van der Waals surface area contributed by atoms with E-state index in [1.165, 1.54) is 22.9 Å². The second kappa shape index (κ2) is 10.9. The summed E-state index contributed by atoms with van der Waals surface area (Å²) in [6.07, 6.45) is 2.25. The molecule has 2 heterocycles. The molecular formula is C25H30N4O3S. The lowest BCUT2D eigenvalue weighted by Gasteiger charge is -2.16. The van der Waals surface area contributed by atoms with Crippen molar-refractivity contribution >= 4 is 23.2 Å². The van der Waals surface area contributed by atoms with Gasteiger partial charge in [-0.2, -0.15) is 0 Å². The van der Waals surface area contributed by atoms with E-state index in [-0.39, 0.29) is 11.9 Å². The first-order chi connectivity index (χ1) is 16.0. The molecule has 0 bridgehead atoms. The van der Waals surface area contributed by atoms with E-state index in [4.69, 9.17) is 9.47 Å². The van der Waals surface area contributed by atoms with Crippen LogP contribution in [0.1, 0.15) is 40.2 Å². The number of aromatic nitrogens is 3. The van der Waals surface area contributed by atoms with E-state index in [1.807, 2.05) is 0 Å². The molecule has 7 nitrogen and oxygen atoms in total. The van der Waals surface area contributed by atoms with Gasteiger partial charge in [0.05, 0.1) is 32.1 Å². The van der Waals surface area contributed by atoms with E-state index in [9.17, 15) is 4.79 Å². The summed E-state index contributed by atoms with van der Waals surface area (Å²) in [5, 5.41) is 13.1. The Morgan fingerprint density at radius 1 is 1.21 bits per heavy atom. The van der Waals surface area contributed by atoms with Gasteiger partial charge in [0.15, 0.2) is 16.8 Å². The van der Waals surface area contributed by atoms with Gasteiger partial charge in [-0.25, -0.2) is 0 Å². The molecule has 1 unspecified atom stereocenters. The lowest BCUT2D eigenvalue weighted by molar-refractivity contribution is 0.0942.